The summed E-state index contributed by atoms with van der Waals surface area (Å²) in [5, 5.41) is 0. The molecule has 3 rings (SSSR count). The first kappa shape index (κ1) is 17.1. The highest BCUT2D eigenvalue weighted by Crippen LogP contribution is 2.30. The molecular weight excluding hydrogens is 306 g/mol. The van der Waals surface area contributed by atoms with Gasteiger partial charge in [0.15, 0.2) is 0 Å². The van der Waals surface area contributed by atoms with Crippen molar-refractivity contribution in [2.75, 3.05) is 19.7 Å². The zero-order valence-electron chi connectivity index (χ0n) is 15.1. The lowest BCUT2D eigenvalue weighted by atomic mass is 9.87. The predicted octanol–water partition coefficient (Wildman–Crippen LogP) is 1.22. The topological polar surface area (TPSA) is 64.4 Å². The van der Waals surface area contributed by atoms with Gasteiger partial charge in [-0.05, 0) is 40.0 Å². The first-order valence-corrected chi connectivity index (χ1v) is 8.76. The van der Waals surface area contributed by atoms with E-state index in [0.717, 1.165) is 29.9 Å². The average molecular weight is 333 g/mol. The maximum atomic E-state index is 12.9. The maximum absolute atomic E-state index is 12.9. The van der Waals surface area contributed by atoms with Crippen molar-refractivity contribution in [3.05, 3.63) is 27.4 Å². The van der Waals surface area contributed by atoms with E-state index >= 15 is 0 Å². The quantitative estimate of drug-likeness (QED) is 0.775. The Balaban J connectivity index is 1.76. The van der Waals surface area contributed by atoms with Gasteiger partial charge in [-0.3, -0.25) is 14.2 Å². The van der Waals surface area contributed by atoms with E-state index in [0.29, 0.717) is 32.5 Å². The normalized spacial score (nSPS) is 23.5. The van der Waals surface area contributed by atoms with Gasteiger partial charge in [0, 0.05) is 44.6 Å². The van der Waals surface area contributed by atoms with E-state index in [2.05, 4.69) is 4.98 Å². The molecule has 2 aliphatic heterocycles. The lowest BCUT2D eigenvalue weighted by Gasteiger charge is -2.37. The average Bonchev–Trinajstić information content (AvgIpc) is 2.74. The molecule has 0 bridgehead atoms. The minimum atomic E-state index is -0.234. The highest BCUT2D eigenvalue weighted by molar-refractivity contribution is 5.79. The fourth-order valence-corrected chi connectivity index (χ4v) is 3.79. The molecule has 1 aromatic heterocycles. The van der Waals surface area contributed by atoms with Crippen molar-refractivity contribution in [1.82, 2.24) is 14.5 Å². The summed E-state index contributed by atoms with van der Waals surface area (Å²) in [7, 11) is 1.75. The minimum Gasteiger partial charge on any atom is -0.376 e. The van der Waals surface area contributed by atoms with E-state index in [9.17, 15) is 9.59 Å². The van der Waals surface area contributed by atoms with E-state index in [4.69, 9.17) is 4.74 Å². The summed E-state index contributed by atoms with van der Waals surface area (Å²) >= 11 is 0. The van der Waals surface area contributed by atoms with Crippen LogP contribution >= 0.6 is 0 Å². The molecule has 1 fully saturated rings. The Morgan fingerprint density at radius 3 is 2.71 bits per heavy atom. The largest absolute Gasteiger partial charge is 0.376 e. The van der Waals surface area contributed by atoms with Crippen LogP contribution in [-0.2, 0) is 29.4 Å². The Hall–Kier alpha value is -1.69. The Kier molecular flexibility index (Phi) is 4.51. The van der Waals surface area contributed by atoms with Crippen LogP contribution in [0.3, 0.4) is 0 Å². The molecule has 1 atom stereocenters. The van der Waals surface area contributed by atoms with Crippen LogP contribution in [-0.4, -0.2) is 45.7 Å². The second kappa shape index (κ2) is 6.31. The summed E-state index contributed by atoms with van der Waals surface area (Å²) in [5.74, 6) is 0.949. The third-order valence-electron chi connectivity index (χ3n) is 5.30. The first-order chi connectivity index (χ1) is 11.3. The monoisotopic (exact) mass is 333 g/mol. The van der Waals surface area contributed by atoms with Gasteiger partial charge < -0.3 is 9.64 Å². The molecule has 6 heteroatoms. The number of fused-ring (bicyclic) bond motifs is 1. The number of amides is 1. The number of hydrogen-bond donors (Lipinski definition) is 0. The molecule has 1 aromatic rings. The van der Waals surface area contributed by atoms with Crippen molar-refractivity contribution < 1.29 is 9.53 Å². The van der Waals surface area contributed by atoms with Gasteiger partial charge in [-0.25, -0.2) is 4.98 Å². The molecule has 0 spiro atoms. The van der Waals surface area contributed by atoms with Crippen LogP contribution < -0.4 is 5.56 Å². The molecule has 0 unspecified atom stereocenters. The standard InChI is InChI=1S/C18H27N3O3/c1-12-19-15-6-9-21(8-5-14(15)17(23)20(12)4)16(22)13-7-10-24-18(2,3)11-13/h13H,5-11H2,1-4H3/t13-/m1/s1. The van der Waals surface area contributed by atoms with Gasteiger partial charge in [0.25, 0.3) is 5.56 Å². The van der Waals surface area contributed by atoms with Gasteiger partial charge in [0.1, 0.15) is 5.82 Å². The lowest BCUT2D eigenvalue weighted by Crippen LogP contribution is -2.44. The van der Waals surface area contributed by atoms with E-state index in [-0.39, 0.29) is 23.0 Å². The van der Waals surface area contributed by atoms with E-state index < -0.39 is 0 Å². The van der Waals surface area contributed by atoms with E-state index in [1.54, 1.807) is 11.6 Å². The van der Waals surface area contributed by atoms with Gasteiger partial charge in [-0.2, -0.15) is 0 Å². The summed E-state index contributed by atoms with van der Waals surface area (Å²) in [6.07, 6.45) is 2.79. The highest BCUT2D eigenvalue weighted by Gasteiger charge is 2.35. The molecule has 1 saturated heterocycles. The van der Waals surface area contributed by atoms with Crippen LogP contribution in [0.2, 0.25) is 0 Å². The van der Waals surface area contributed by atoms with Crippen LogP contribution in [0, 0.1) is 12.8 Å². The molecule has 24 heavy (non-hydrogen) atoms. The third kappa shape index (κ3) is 3.24. The van der Waals surface area contributed by atoms with Gasteiger partial charge in [-0.15, -0.1) is 0 Å². The van der Waals surface area contributed by atoms with Crippen molar-refractivity contribution in [3.8, 4) is 0 Å². The number of rotatable bonds is 1. The Labute approximate surface area is 142 Å². The zero-order valence-corrected chi connectivity index (χ0v) is 15.1. The third-order valence-corrected chi connectivity index (χ3v) is 5.30. The Bertz CT molecular complexity index is 708. The molecule has 132 valence electrons. The maximum Gasteiger partial charge on any atom is 0.256 e. The fourth-order valence-electron chi connectivity index (χ4n) is 3.79. The van der Waals surface area contributed by atoms with Crippen LogP contribution in [0.15, 0.2) is 4.79 Å². The van der Waals surface area contributed by atoms with Crippen molar-refractivity contribution >= 4 is 5.91 Å². The summed E-state index contributed by atoms with van der Waals surface area (Å²) in [6, 6.07) is 0. The number of aryl methyl sites for hydroxylation is 1. The van der Waals surface area contributed by atoms with Crippen molar-refractivity contribution in [3.63, 3.8) is 0 Å². The molecule has 0 radical (unpaired) electrons. The first-order valence-electron chi connectivity index (χ1n) is 8.76. The number of aromatic nitrogens is 2. The van der Waals surface area contributed by atoms with Crippen LogP contribution in [0.25, 0.3) is 0 Å². The Morgan fingerprint density at radius 2 is 2.00 bits per heavy atom. The lowest BCUT2D eigenvalue weighted by molar-refractivity contribution is -0.145. The molecule has 1 amide bonds. The van der Waals surface area contributed by atoms with Crippen molar-refractivity contribution in [1.29, 1.82) is 0 Å². The van der Waals surface area contributed by atoms with Crippen molar-refractivity contribution in [2.24, 2.45) is 13.0 Å². The predicted molar refractivity (Wildman–Crippen MR) is 91.0 cm³/mol. The second-order valence-corrected chi connectivity index (χ2v) is 7.57. The number of carbonyl (C=O) groups excluding carboxylic acids is 1. The highest BCUT2D eigenvalue weighted by atomic mass is 16.5. The molecule has 2 aliphatic rings. The van der Waals surface area contributed by atoms with Crippen molar-refractivity contribution in [2.45, 2.75) is 52.1 Å². The molecule has 0 saturated carbocycles. The van der Waals surface area contributed by atoms with E-state index in [1.165, 1.54) is 0 Å². The summed E-state index contributed by atoms with van der Waals surface area (Å²) in [4.78, 5) is 31.9. The number of carbonyl (C=O) groups is 1. The van der Waals surface area contributed by atoms with Gasteiger partial charge >= 0.3 is 0 Å². The van der Waals surface area contributed by atoms with Crippen LogP contribution in [0.5, 0.6) is 0 Å². The number of ether oxygens (including phenoxy) is 1. The summed E-state index contributed by atoms with van der Waals surface area (Å²) in [5.41, 5.74) is 1.42. The molecule has 0 N–H and O–H groups in total. The minimum absolute atomic E-state index is 0.0208. The zero-order chi connectivity index (χ0) is 17.5. The van der Waals surface area contributed by atoms with E-state index in [1.807, 2.05) is 25.7 Å². The molecular formula is C18H27N3O3. The van der Waals surface area contributed by atoms with Gasteiger partial charge in [-0.1, -0.05) is 0 Å². The fraction of sp³-hybridized carbons (Fsp3) is 0.722. The summed E-state index contributed by atoms with van der Waals surface area (Å²) < 4.78 is 7.32. The number of nitrogens with zero attached hydrogens (tertiary/aromatic N) is 3. The SMILES string of the molecule is Cc1nc2c(c(=O)n1C)CCN(C(=O)[C@@H]1CCOC(C)(C)C1)CC2. The summed E-state index contributed by atoms with van der Waals surface area (Å²) in [6.45, 7) is 7.81. The molecule has 6 nitrogen and oxygen atoms in total. The molecule has 0 aliphatic carbocycles. The van der Waals surface area contributed by atoms with Crippen LogP contribution in [0.4, 0.5) is 0 Å². The van der Waals surface area contributed by atoms with Gasteiger partial charge in [0.05, 0.1) is 11.3 Å². The molecule has 0 aromatic carbocycles. The number of hydrogen-bond acceptors (Lipinski definition) is 4. The molecule has 3 heterocycles. The van der Waals surface area contributed by atoms with Gasteiger partial charge in [0.2, 0.25) is 5.91 Å². The Morgan fingerprint density at radius 1 is 1.29 bits per heavy atom. The second-order valence-electron chi connectivity index (χ2n) is 7.57. The smallest absolute Gasteiger partial charge is 0.256 e. The van der Waals surface area contributed by atoms with Crippen LogP contribution in [0.1, 0.15) is 43.8 Å².